The normalized spacial score (nSPS) is 10.1. The van der Waals surface area contributed by atoms with Crippen LogP contribution in [0.25, 0.3) is 0 Å². The van der Waals surface area contributed by atoms with Crippen LogP contribution < -0.4 is 10.6 Å². The number of nitrogens with zero attached hydrogens (tertiary/aromatic N) is 1. The van der Waals surface area contributed by atoms with Gasteiger partial charge in [0.1, 0.15) is 0 Å². The molecule has 0 aliphatic heterocycles. The smallest absolute Gasteiger partial charge is 0.270 e. The van der Waals surface area contributed by atoms with Crippen molar-refractivity contribution in [2.24, 2.45) is 0 Å². The topological polar surface area (TPSA) is 84.3 Å². The van der Waals surface area contributed by atoms with Crippen LogP contribution in [0.3, 0.4) is 0 Å². The molecule has 2 aromatic rings. The summed E-state index contributed by atoms with van der Waals surface area (Å²) in [6.45, 7) is 0. The van der Waals surface area contributed by atoms with E-state index in [2.05, 4.69) is 26.6 Å². The SMILES string of the molecule is O=C(NC(=S)Nc1ccc([N+](=O)[O-])cc1Br)c1cc(Cl)ccc1Cl. The highest BCUT2D eigenvalue weighted by molar-refractivity contribution is 9.10. The number of hydrogen-bond donors (Lipinski definition) is 2. The summed E-state index contributed by atoms with van der Waals surface area (Å²) in [5.74, 6) is -0.530. The van der Waals surface area contributed by atoms with E-state index in [1.54, 1.807) is 6.07 Å². The van der Waals surface area contributed by atoms with Gasteiger partial charge in [-0.2, -0.15) is 0 Å². The summed E-state index contributed by atoms with van der Waals surface area (Å²) in [4.78, 5) is 22.4. The highest BCUT2D eigenvalue weighted by Crippen LogP contribution is 2.27. The van der Waals surface area contributed by atoms with Gasteiger partial charge in [0.05, 0.1) is 21.2 Å². The van der Waals surface area contributed by atoms with E-state index in [1.165, 1.54) is 30.3 Å². The van der Waals surface area contributed by atoms with Gasteiger partial charge < -0.3 is 5.32 Å². The van der Waals surface area contributed by atoms with Crippen LogP contribution in [0.2, 0.25) is 10.0 Å². The van der Waals surface area contributed by atoms with Crippen molar-refractivity contribution in [3.05, 3.63) is 66.6 Å². The third-order valence-electron chi connectivity index (χ3n) is 2.81. The molecule has 0 atom stereocenters. The fourth-order valence-corrected chi connectivity index (χ4v) is 2.76. The Kier molecular flexibility index (Phi) is 6.11. The maximum atomic E-state index is 12.2. The zero-order valence-corrected chi connectivity index (χ0v) is 15.6. The summed E-state index contributed by atoms with van der Waals surface area (Å²) in [7, 11) is 0. The molecule has 1 amide bonds. The zero-order valence-electron chi connectivity index (χ0n) is 11.7. The molecule has 0 spiro atoms. The molecule has 24 heavy (non-hydrogen) atoms. The van der Waals surface area contributed by atoms with Gasteiger partial charge in [-0.3, -0.25) is 20.2 Å². The van der Waals surface area contributed by atoms with Gasteiger partial charge in [0.15, 0.2) is 5.11 Å². The molecule has 0 saturated heterocycles. The number of rotatable bonds is 3. The monoisotopic (exact) mass is 447 g/mol. The summed E-state index contributed by atoms with van der Waals surface area (Å²) in [6, 6.07) is 8.58. The second-order valence-corrected chi connectivity index (χ2v) is 6.56. The van der Waals surface area contributed by atoms with E-state index >= 15 is 0 Å². The van der Waals surface area contributed by atoms with Crippen molar-refractivity contribution in [3.63, 3.8) is 0 Å². The van der Waals surface area contributed by atoms with E-state index in [0.29, 0.717) is 15.2 Å². The molecular formula is C14H8BrCl2N3O3S. The van der Waals surface area contributed by atoms with E-state index in [4.69, 9.17) is 35.4 Å². The molecule has 0 fully saturated rings. The number of non-ortho nitro benzene ring substituents is 1. The van der Waals surface area contributed by atoms with Crippen LogP contribution in [-0.4, -0.2) is 15.9 Å². The van der Waals surface area contributed by atoms with Crippen LogP contribution in [0, 0.1) is 10.1 Å². The van der Waals surface area contributed by atoms with Gasteiger partial charge in [-0.15, -0.1) is 0 Å². The molecule has 0 unspecified atom stereocenters. The minimum atomic E-state index is -0.530. The number of carbonyl (C=O) groups excluding carboxylic acids is 1. The molecule has 0 aliphatic carbocycles. The van der Waals surface area contributed by atoms with Gasteiger partial charge in [0.2, 0.25) is 0 Å². The van der Waals surface area contributed by atoms with Crippen molar-refractivity contribution in [1.29, 1.82) is 0 Å². The molecular weight excluding hydrogens is 441 g/mol. The van der Waals surface area contributed by atoms with E-state index in [1.807, 2.05) is 0 Å². The lowest BCUT2D eigenvalue weighted by atomic mass is 10.2. The third kappa shape index (κ3) is 4.64. The molecule has 0 saturated carbocycles. The van der Waals surface area contributed by atoms with Crippen LogP contribution >= 0.6 is 51.3 Å². The van der Waals surface area contributed by atoms with Crippen molar-refractivity contribution in [1.82, 2.24) is 5.32 Å². The first-order valence-electron chi connectivity index (χ1n) is 6.29. The number of carbonyl (C=O) groups is 1. The van der Waals surface area contributed by atoms with Crippen LogP contribution in [0.1, 0.15) is 10.4 Å². The van der Waals surface area contributed by atoms with E-state index in [0.717, 1.165) is 0 Å². The Labute approximate surface area is 160 Å². The maximum absolute atomic E-state index is 12.2. The molecule has 0 aliphatic rings. The van der Waals surface area contributed by atoms with Crippen molar-refractivity contribution in [2.45, 2.75) is 0 Å². The number of nitro groups is 1. The number of amides is 1. The Bertz CT molecular complexity index is 848. The molecule has 0 radical (unpaired) electrons. The van der Waals surface area contributed by atoms with Crippen molar-refractivity contribution < 1.29 is 9.72 Å². The zero-order chi connectivity index (χ0) is 17.9. The van der Waals surface area contributed by atoms with Crippen LogP contribution in [0.5, 0.6) is 0 Å². The average Bonchev–Trinajstić information content (AvgIpc) is 2.51. The number of benzene rings is 2. The third-order valence-corrected chi connectivity index (χ3v) is 4.24. The molecule has 6 nitrogen and oxygen atoms in total. The van der Waals surface area contributed by atoms with Gasteiger partial charge in [0.25, 0.3) is 11.6 Å². The van der Waals surface area contributed by atoms with Gasteiger partial charge >= 0.3 is 0 Å². The number of halogens is 3. The van der Waals surface area contributed by atoms with Gasteiger partial charge in [-0.25, -0.2) is 0 Å². The van der Waals surface area contributed by atoms with Crippen molar-refractivity contribution >= 4 is 73.7 Å². The standard InChI is InChI=1S/C14H8BrCl2N3O3S/c15-10-6-8(20(22)23)2-4-12(10)18-14(24)19-13(21)9-5-7(16)1-3-11(9)17/h1-6H,(H2,18,19,21,24). The second-order valence-electron chi connectivity index (χ2n) is 4.45. The highest BCUT2D eigenvalue weighted by atomic mass is 79.9. The predicted octanol–water partition coefficient (Wildman–Crippen LogP) is 4.79. The first-order chi connectivity index (χ1) is 11.3. The molecule has 2 rings (SSSR count). The lowest BCUT2D eigenvalue weighted by molar-refractivity contribution is -0.384. The largest absolute Gasteiger partial charge is 0.331 e. The number of hydrogen-bond acceptors (Lipinski definition) is 4. The Balaban J connectivity index is 2.09. The average molecular weight is 449 g/mol. The highest BCUT2D eigenvalue weighted by Gasteiger charge is 2.14. The number of nitro benzene ring substituents is 1. The Morgan fingerprint density at radius 1 is 1.21 bits per heavy atom. The summed E-state index contributed by atoms with van der Waals surface area (Å²) in [5.41, 5.74) is 0.562. The lowest BCUT2D eigenvalue weighted by Crippen LogP contribution is -2.34. The van der Waals surface area contributed by atoms with E-state index in [9.17, 15) is 14.9 Å². The molecule has 2 N–H and O–H groups in total. The van der Waals surface area contributed by atoms with Gasteiger partial charge in [0, 0.05) is 21.6 Å². The molecule has 10 heteroatoms. The van der Waals surface area contributed by atoms with E-state index < -0.39 is 10.8 Å². The fraction of sp³-hybridized carbons (Fsp3) is 0. The van der Waals surface area contributed by atoms with Crippen LogP contribution in [0.15, 0.2) is 40.9 Å². The lowest BCUT2D eigenvalue weighted by Gasteiger charge is -2.11. The van der Waals surface area contributed by atoms with E-state index in [-0.39, 0.29) is 21.4 Å². The van der Waals surface area contributed by atoms with Crippen LogP contribution in [0.4, 0.5) is 11.4 Å². The number of anilines is 1. The Hall–Kier alpha value is -1.74. The maximum Gasteiger partial charge on any atom is 0.270 e. The second kappa shape index (κ2) is 7.89. The minimum absolute atomic E-state index is 0.00518. The summed E-state index contributed by atoms with van der Waals surface area (Å²) < 4.78 is 0.425. The predicted molar refractivity (Wildman–Crippen MR) is 101 cm³/mol. The summed E-state index contributed by atoms with van der Waals surface area (Å²) in [6.07, 6.45) is 0. The minimum Gasteiger partial charge on any atom is -0.331 e. The van der Waals surface area contributed by atoms with Gasteiger partial charge in [-0.05, 0) is 52.4 Å². The summed E-state index contributed by atoms with van der Waals surface area (Å²) in [5, 5.41) is 16.5. The quantitative estimate of drug-likeness (QED) is 0.400. The summed E-state index contributed by atoms with van der Waals surface area (Å²) >= 11 is 20.0. The van der Waals surface area contributed by atoms with Gasteiger partial charge in [-0.1, -0.05) is 23.2 Å². The molecule has 0 heterocycles. The Morgan fingerprint density at radius 3 is 2.54 bits per heavy atom. The number of thiocarbonyl (C=S) groups is 1. The molecule has 124 valence electrons. The molecule has 0 aromatic heterocycles. The first kappa shape index (κ1) is 18.6. The number of nitrogens with one attached hydrogen (secondary N) is 2. The van der Waals surface area contributed by atoms with Crippen molar-refractivity contribution in [3.8, 4) is 0 Å². The van der Waals surface area contributed by atoms with Crippen molar-refractivity contribution in [2.75, 3.05) is 5.32 Å². The fourth-order valence-electron chi connectivity index (χ4n) is 1.71. The van der Waals surface area contributed by atoms with Crippen LogP contribution in [-0.2, 0) is 0 Å². The molecule has 2 aromatic carbocycles. The Morgan fingerprint density at radius 2 is 1.92 bits per heavy atom. The first-order valence-corrected chi connectivity index (χ1v) is 8.25. The molecule has 0 bridgehead atoms.